The van der Waals surface area contributed by atoms with Gasteiger partial charge in [0.15, 0.2) is 5.76 Å². The second-order valence-corrected chi connectivity index (χ2v) is 4.07. The predicted molar refractivity (Wildman–Crippen MR) is 48.1 cm³/mol. The summed E-state index contributed by atoms with van der Waals surface area (Å²) >= 11 is 0. The number of carbonyl (C=O) groups is 2. The lowest BCUT2D eigenvalue weighted by atomic mass is 9.81. The molecule has 0 aromatic carbocycles. The quantitative estimate of drug-likeness (QED) is 0.587. The summed E-state index contributed by atoms with van der Waals surface area (Å²) in [7, 11) is 0. The molecule has 1 heterocycles. The lowest BCUT2D eigenvalue weighted by molar-refractivity contribution is -0.123. The molecule has 72 valence electrons. The third-order valence-electron chi connectivity index (χ3n) is 3.32. The van der Waals surface area contributed by atoms with Gasteiger partial charge in [-0.05, 0) is 24.8 Å². The van der Waals surface area contributed by atoms with E-state index in [1.54, 1.807) is 6.26 Å². The van der Waals surface area contributed by atoms with Crippen molar-refractivity contribution in [3.63, 3.8) is 0 Å². The first kappa shape index (κ1) is 7.97. The van der Waals surface area contributed by atoms with Gasteiger partial charge in [-0.15, -0.1) is 0 Å². The normalized spacial score (nSPS) is 30.3. The summed E-state index contributed by atoms with van der Waals surface area (Å²) in [6, 6.07) is 1.83. The zero-order chi connectivity index (χ0) is 9.71. The molecule has 2 atom stereocenters. The molecule has 4 rings (SSSR count). The highest BCUT2D eigenvalue weighted by molar-refractivity contribution is 6.12. The van der Waals surface area contributed by atoms with Gasteiger partial charge in [0, 0.05) is 12.0 Å². The van der Waals surface area contributed by atoms with Crippen LogP contribution in [0.25, 0.3) is 0 Å². The molecule has 1 aromatic heterocycles. The van der Waals surface area contributed by atoms with Gasteiger partial charge < -0.3 is 4.42 Å². The number of furan rings is 1. The van der Waals surface area contributed by atoms with Gasteiger partial charge >= 0.3 is 0 Å². The van der Waals surface area contributed by atoms with E-state index in [1.165, 1.54) is 0 Å². The van der Waals surface area contributed by atoms with Gasteiger partial charge in [-0.3, -0.25) is 9.59 Å². The first-order valence-electron chi connectivity index (χ1n) is 4.91. The Balaban J connectivity index is 2.20. The van der Waals surface area contributed by atoms with Crippen molar-refractivity contribution in [2.24, 2.45) is 5.92 Å². The fourth-order valence-electron chi connectivity index (χ4n) is 2.56. The Morgan fingerprint density at radius 1 is 1.29 bits per heavy atom. The molecule has 3 nitrogen and oxygen atoms in total. The summed E-state index contributed by atoms with van der Waals surface area (Å²) in [4.78, 5) is 23.4. The predicted octanol–water partition coefficient (Wildman–Crippen LogP) is 1.93. The van der Waals surface area contributed by atoms with Crippen LogP contribution in [0.3, 0.4) is 0 Å². The van der Waals surface area contributed by atoms with E-state index >= 15 is 0 Å². The molecule has 1 fully saturated rings. The highest BCUT2D eigenvalue weighted by atomic mass is 16.3. The SMILES string of the molecule is O=C1CC2CCC1C(=O)c1occc12. The molecule has 14 heavy (non-hydrogen) atoms. The Kier molecular flexibility index (Phi) is 1.46. The maximum Gasteiger partial charge on any atom is 0.208 e. The first-order valence-corrected chi connectivity index (χ1v) is 4.91. The molecular weight excluding hydrogens is 180 g/mol. The molecule has 0 aliphatic heterocycles. The van der Waals surface area contributed by atoms with E-state index in [2.05, 4.69) is 0 Å². The highest BCUT2D eigenvalue weighted by Gasteiger charge is 2.42. The number of rotatable bonds is 0. The molecule has 3 aliphatic carbocycles. The number of fused-ring (bicyclic) bond motifs is 2. The van der Waals surface area contributed by atoms with Crippen molar-refractivity contribution in [2.75, 3.05) is 0 Å². The van der Waals surface area contributed by atoms with Crippen molar-refractivity contribution in [3.8, 4) is 0 Å². The zero-order valence-electron chi connectivity index (χ0n) is 7.66. The molecule has 0 radical (unpaired) electrons. The Labute approximate surface area is 81.1 Å². The van der Waals surface area contributed by atoms with Crippen LogP contribution in [0.2, 0.25) is 0 Å². The molecule has 2 bridgehead atoms. The molecule has 0 spiro atoms. The van der Waals surface area contributed by atoms with Crippen molar-refractivity contribution in [2.45, 2.75) is 25.2 Å². The minimum absolute atomic E-state index is 0.0950. The van der Waals surface area contributed by atoms with E-state index in [1.807, 2.05) is 6.07 Å². The van der Waals surface area contributed by atoms with Crippen molar-refractivity contribution >= 4 is 11.6 Å². The molecular formula is C11H10O3. The Hall–Kier alpha value is -1.38. The average molecular weight is 190 g/mol. The average Bonchev–Trinajstić information content (AvgIpc) is 2.58. The molecule has 0 amide bonds. The van der Waals surface area contributed by atoms with E-state index in [0.29, 0.717) is 18.6 Å². The molecule has 1 aromatic rings. The van der Waals surface area contributed by atoms with E-state index in [-0.39, 0.29) is 17.5 Å². The number of hydrogen-bond acceptors (Lipinski definition) is 3. The number of ketones is 2. The summed E-state index contributed by atoms with van der Waals surface area (Å²) in [6.45, 7) is 0. The molecule has 3 aliphatic rings. The van der Waals surface area contributed by atoms with Gasteiger partial charge in [-0.1, -0.05) is 0 Å². The second kappa shape index (κ2) is 2.56. The van der Waals surface area contributed by atoms with Gasteiger partial charge in [0.05, 0.1) is 12.2 Å². The summed E-state index contributed by atoms with van der Waals surface area (Å²) in [5.74, 6) is 0.230. The monoisotopic (exact) mass is 190 g/mol. The largest absolute Gasteiger partial charge is 0.461 e. The number of hydrogen-bond donors (Lipinski definition) is 0. The van der Waals surface area contributed by atoms with E-state index in [0.717, 1.165) is 12.0 Å². The lowest BCUT2D eigenvalue weighted by Gasteiger charge is -2.20. The van der Waals surface area contributed by atoms with Crippen LogP contribution in [0.4, 0.5) is 0 Å². The maximum absolute atomic E-state index is 11.9. The summed E-state index contributed by atoms with van der Waals surface area (Å²) < 4.78 is 5.18. The molecule has 3 heteroatoms. The molecule has 1 saturated carbocycles. The third kappa shape index (κ3) is 0.870. The van der Waals surface area contributed by atoms with Crippen LogP contribution in [0, 0.1) is 5.92 Å². The van der Waals surface area contributed by atoms with Crippen LogP contribution in [0.1, 0.15) is 41.3 Å². The van der Waals surface area contributed by atoms with Gasteiger partial charge in [0.1, 0.15) is 5.78 Å². The first-order chi connectivity index (χ1) is 6.77. The van der Waals surface area contributed by atoms with Crippen LogP contribution in [-0.4, -0.2) is 11.6 Å². The lowest BCUT2D eigenvalue weighted by Crippen LogP contribution is -2.26. The second-order valence-electron chi connectivity index (χ2n) is 4.07. The fourth-order valence-corrected chi connectivity index (χ4v) is 2.56. The standard InChI is InChI=1S/C11H10O3/c12-9-5-6-1-2-8(9)10(13)11-7(6)3-4-14-11/h3-4,6,8H,1-2,5H2. The van der Waals surface area contributed by atoms with Gasteiger partial charge in [0.25, 0.3) is 0 Å². The van der Waals surface area contributed by atoms with E-state index < -0.39 is 5.92 Å². The van der Waals surface area contributed by atoms with Gasteiger partial charge in [-0.25, -0.2) is 0 Å². The fraction of sp³-hybridized carbons (Fsp3) is 0.455. The van der Waals surface area contributed by atoms with Crippen molar-refractivity contribution in [3.05, 3.63) is 23.7 Å². The molecule has 0 saturated heterocycles. The Morgan fingerprint density at radius 3 is 2.93 bits per heavy atom. The third-order valence-corrected chi connectivity index (χ3v) is 3.32. The van der Waals surface area contributed by atoms with E-state index in [4.69, 9.17) is 4.42 Å². The Bertz CT molecular complexity index is 416. The van der Waals surface area contributed by atoms with Crippen LogP contribution < -0.4 is 0 Å². The number of Topliss-reactive ketones (excluding diaryl/α,β-unsaturated/α-hetero) is 2. The summed E-state index contributed by atoms with van der Waals surface area (Å²) in [5.41, 5.74) is 0.948. The van der Waals surface area contributed by atoms with Crippen LogP contribution in [-0.2, 0) is 4.79 Å². The molecule has 2 unspecified atom stereocenters. The van der Waals surface area contributed by atoms with Crippen LogP contribution in [0.5, 0.6) is 0 Å². The summed E-state index contributed by atoms with van der Waals surface area (Å²) in [6.07, 6.45) is 3.71. The van der Waals surface area contributed by atoms with Crippen LogP contribution >= 0.6 is 0 Å². The van der Waals surface area contributed by atoms with Crippen molar-refractivity contribution < 1.29 is 14.0 Å². The van der Waals surface area contributed by atoms with Crippen molar-refractivity contribution in [1.29, 1.82) is 0 Å². The summed E-state index contributed by atoms with van der Waals surface area (Å²) in [5, 5.41) is 0. The minimum Gasteiger partial charge on any atom is -0.461 e. The van der Waals surface area contributed by atoms with E-state index in [9.17, 15) is 9.59 Å². The van der Waals surface area contributed by atoms with Crippen molar-refractivity contribution in [1.82, 2.24) is 0 Å². The topological polar surface area (TPSA) is 47.3 Å². The van der Waals surface area contributed by atoms with Gasteiger partial charge in [-0.2, -0.15) is 0 Å². The van der Waals surface area contributed by atoms with Crippen LogP contribution in [0.15, 0.2) is 16.7 Å². The number of carbonyl (C=O) groups excluding carboxylic acids is 2. The Morgan fingerprint density at radius 2 is 2.14 bits per heavy atom. The van der Waals surface area contributed by atoms with Gasteiger partial charge in [0.2, 0.25) is 5.78 Å². The minimum atomic E-state index is -0.418. The maximum atomic E-state index is 11.9. The molecule has 0 N–H and O–H groups in total. The smallest absolute Gasteiger partial charge is 0.208 e. The zero-order valence-corrected chi connectivity index (χ0v) is 7.66. The highest BCUT2D eigenvalue weighted by Crippen LogP contribution is 2.41.